The first-order valence-corrected chi connectivity index (χ1v) is 8.53. The van der Waals surface area contributed by atoms with Gasteiger partial charge in [-0.3, -0.25) is 4.79 Å². The van der Waals surface area contributed by atoms with Crippen molar-refractivity contribution < 1.29 is 9.32 Å². The summed E-state index contributed by atoms with van der Waals surface area (Å²) in [6.07, 6.45) is 4.39. The maximum atomic E-state index is 13.2. The molecule has 1 fully saturated rings. The summed E-state index contributed by atoms with van der Waals surface area (Å²) in [5.74, 6) is 0.00385. The van der Waals surface area contributed by atoms with Crippen molar-refractivity contribution in [1.29, 1.82) is 0 Å². The molecule has 0 saturated heterocycles. The summed E-state index contributed by atoms with van der Waals surface area (Å²) in [7, 11) is 0. The summed E-state index contributed by atoms with van der Waals surface area (Å²) < 4.78 is 7.20. The summed E-state index contributed by atoms with van der Waals surface area (Å²) in [6, 6.07) is 5.48. The fourth-order valence-electron chi connectivity index (χ4n) is 3.88. The second-order valence-electron chi connectivity index (χ2n) is 6.50. The molecule has 2 aromatic heterocycles. The Balaban J connectivity index is 2.08. The lowest BCUT2D eigenvalue weighted by atomic mass is 9.86. The van der Waals surface area contributed by atoms with Gasteiger partial charge in [0.25, 0.3) is 5.56 Å². The highest BCUT2D eigenvalue weighted by Gasteiger charge is 2.27. The molecule has 0 radical (unpaired) electrons. The number of carbonyl (C=O) groups is 1. The topological polar surface area (TPSA) is 65.1 Å². The highest BCUT2D eigenvalue weighted by molar-refractivity contribution is 6.37. The van der Waals surface area contributed by atoms with Crippen molar-refractivity contribution in [1.82, 2.24) is 9.72 Å². The van der Waals surface area contributed by atoms with Crippen LogP contribution in [0, 0.1) is 12.8 Å². The normalized spacial score (nSPS) is 21.4. The predicted octanol–water partition coefficient (Wildman–Crippen LogP) is 4.03. The van der Waals surface area contributed by atoms with Crippen molar-refractivity contribution in [3.05, 3.63) is 39.3 Å². The Morgan fingerprint density at radius 3 is 2.96 bits per heavy atom. The van der Waals surface area contributed by atoms with E-state index in [0.29, 0.717) is 33.5 Å². The Kier molecular flexibility index (Phi) is 3.68. The average Bonchev–Trinajstić information content (AvgIpc) is 2.97. The lowest BCUT2D eigenvalue weighted by molar-refractivity contribution is -0.112. The standard InChI is InChI=1S/C18H17ClN2O3/c1-10-15-17(24-20-10)16-13(19)6-3-7-14(16)21(18(15)23)12-5-2-4-11(8-12)9-22/h3,6-7,9,11-12H,2,4-5,8H2,1H3. The lowest BCUT2D eigenvalue weighted by Crippen LogP contribution is -2.29. The Bertz CT molecular complexity index is 1000. The molecular weight excluding hydrogens is 328 g/mol. The summed E-state index contributed by atoms with van der Waals surface area (Å²) in [4.78, 5) is 24.4. The summed E-state index contributed by atoms with van der Waals surface area (Å²) in [6.45, 7) is 1.76. The third-order valence-corrected chi connectivity index (χ3v) is 5.33. The van der Waals surface area contributed by atoms with Crippen molar-refractivity contribution in [2.45, 2.75) is 38.6 Å². The summed E-state index contributed by atoms with van der Waals surface area (Å²) >= 11 is 6.41. The number of pyridine rings is 1. The number of rotatable bonds is 2. The van der Waals surface area contributed by atoms with Crippen LogP contribution in [0.1, 0.15) is 37.4 Å². The van der Waals surface area contributed by atoms with E-state index in [4.69, 9.17) is 16.1 Å². The van der Waals surface area contributed by atoms with Crippen LogP contribution in [0.4, 0.5) is 0 Å². The van der Waals surface area contributed by atoms with E-state index in [2.05, 4.69) is 5.16 Å². The first kappa shape index (κ1) is 15.4. The fourth-order valence-corrected chi connectivity index (χ4v) is 4.14. The highest BCUT2D eigenvalue weighted by Crippen LogP contribution is 2.36. The molecule has 1 saturated carbocycles. The molecule has 4 rings (SSSR count). The first-order chi connectivity index (χ1) is 11.6. The minimum Gasteiger partial charge on any atom is -0.355 e. The molecule has 5 nitrogen and oxygen atoms in total. The second-order valence-corrected chi connectivity index (χ2v) is 6.91. The maximum Gasteiger partial charge on any atom is 0.264 e. The molecule has 0 N–H and O–H groups in total. The van der Waals surface area contributed by atoms with E-state index < -0.39 is 0 Å². The smallest absolute Gasteiger partial charge is 0.264 e. The molecule has 2 unspecified atom stereocenters. The van der Waals surface area contributed by atoms with Crippen LogP contribution in [0.5, 0.6) is 0 Å². The molecule has 1 aliphatic rings. The molecule has 0 aliphatic heterocycles. The number of hydrogen-bond donors (Lipinski definition) is 0. The van der Waals surface area contributed by atoms with Crippen LogP contribution in [0.2, 0.25) is 5.02 Å². The number of halogens is 1. The van der Waals surface area contributed by atoms with Gasteiger partial charge in [0, 0.05) is 12.0 Å². The van der Waals surface area contributed by atoms with Crippen molar-refractivity contribution in [3.63, 3.8) is 0 Å². The third-order valence-electron chi connectivity index (χ3n) is 5.02. The van der Waals surface area contributed by atoms with Crippen molar-refractivity contribution in [2.24, 2.45) is 5.92 Å². The first-order valence-electron chi connectivity index (χ1n) is 8.15. The fraction of sp³-hybridized carbons (Fsp3) is 0.389. The van der Waals surface area contributed by atoms with Gasteiger partial charge in [0.15, 0.2) is 5.58 Å². The SMILES string of the molecule is Cc1noc2c1c(=O)n(C1CCCC(C=O)C1)c1cccc(Cl)c21. The molecule has 24 heavy (non-hydrogen) atoms. The molecule has 3 aromatic rings. The number of aldehydes is 1. The van der Waals surface area contributed by atoms with Gasteiger partial charge in [-0.1, -0.05) is 29.2 Å². The van der Waals surface area contributed by atoms with Crippen LogP contribution in [-0.4, -0.2) is 16.0 Å². The molecule has 0 spiro atoms. The van der Waals surface area contributed by atoms with Gasteiger partial charge in [-0.2, -0.15) is 0 Å². The zero-order valence-corrected chi connectivity index (χ0v) is 14.0. The van der Waals surface area contributed by atoms with Gasteiger partial charge in [-0.25, -0.2) is 0 Å². The van der Waals surface area contributed by atoms with Crippen LogP contribution in [0.25, 0.3) is 21.9 Å². The maximum absolute atomic E-state index is 13.2. The van der Waals surface area contributed by atoms with Crippen LogP contribution >= 0.6 is 11.6 Å². The van der Waals surface area contributed by atoms with E-state index in [1.54, 1.807) is 17.6 Å². The van der Waals surface area contributed by atoms with Crippen LogP contribution in [-0.2, 0) is 4.79 Å². The van der Waals surface area contributed by atoms with E-state index in [9.17, 15) is 9.59 Å². The third kappa shape index (κ3) is 2.18. The monoisotopic (exact) mass is 344 g/mol. The Morgan fingerprint density at radius 2 is 2.17 bits per heavy atom. The molecule has 124 valence electrons. The van der Waals surface area contributed by atoms with Crippen LogP contribution < -0.4 is 5.56 Å². The molecule has 1 aliphatic carbocycles. The van der Waals surface area contributed by atoms with Gasteiger partial charge in [-0.15, -0.1) is 0 Å². The zero-order valence-electron chi connectivity index (χ0n) is 13.3. The van der Waals surface area contributed by atoms with E-state index in [0.717, 1.165) is 31.1 Å². The van der Waals surface area contributed by atoms with Crippen molar-refractivity contribution in [3.8, 4) is 0 Å². The van der Waals surface area contributed by atoms with E-state index in [1.807, 2.05) is 12.1 Å². The summed E-state index contributed by atoms with van der Waals surface area (Å²) in [5, 5.41) is 5.68. The van der Waals surface area contributed by atoms with E-state index in [-0.39, 0.29) is 17.5 Å². The minimum absolute atomic E-state index is 0.00385. The quantitative estimate of drug-likeness (QED) is 0.658. The number of aromatic nitrogens is 2. The number of fused-ring (bicyclic) bond motifs is 3. The highest BCUT2D eigenvalue weighted by atomic mass is 35.5. The van der Waals surface area contributed by atoms with Crippen LogP contribution in [0.3, 0.4) is 0 Å². The minimum atomic E-state index is -0.116. The number of aryl methyl sites for hydroxylation is 1. The van der Waals surface area contributed by atoms with Crippen LogP contribution in [0.15, 0.2) is 27.5 Å². The largest absolute Gasteiger partial charge is 0.355 e. The van der Waals surface area contributed by atoms with Crippen molar-refractivity contribution >= 4 is 39.8 Å². The molecular formula is C18H17ClN2O3. The number of carbonyl (C=O) groups excluding carboxylic acids is 1. The van der Waals surface area contributed by atoms with Gasteiger partial charge < -0.3 is 13.9 Å². The second kappa shape index (κ2) is 5.74. The van der Waals surface area contributed by atoms with E-state index in [1.165, 1.54) is 0 Å². The molecule has 6 heteroatoms. The Hall–Kier alpha value is -2.14. The number of benzene rings is 1. The lowest BCUT2D eigenvalue weighted by Gasteiger charge is -2.29. The van der Waals surface area contributed by atoms with Gasteiger partial charge in [0.2, 0.25) is 0 Å². The van der Waals surface area contributed by atoms with Gasteiger partial charge in [0.1, 0.15) is 11.7 Å². The molecule has 2 atom stereocenters. The van der Waals surface area contributed by atoms with Crippen molar-refractivity contribution in [2.75, 3.05) is 0 Å². The molecule has 1 aromatic carbocycles. The van der Waals surface area contributed by atoms with Gasteiger partial charge in [0.05, 0.1) is 21.6 Å². The Labute approximate surface area is 143 Å². The zero-order chi connectivity index (χ0) is 16.8. The molecule has 0 bridgehead atoms. The van der Waals surface area contributed by atoms with E-state index >= 15 is 0 Å². The average molecular weight is 345 g/mol. The number of hydrogen-bond acceptors (Lipinski definition) is 4. The Morgan fingerprint density at radius 1 is 1.33 bits per heavy atom. The molecule has 2 heterocycles. The predicted molar refractivity (Wildman–Crippen MR) is 92.6 cm³/mol. The molecule has 0 amide bonds. The van der Waals surface area contributed by atoms with Gasteiger partial charge >= 0.3 is 0 Å². The summed E-state index contributed by atoms with van der Waals surface area (Å²) in [5.41, 5.74) is 1.63. The van der Waals surface area contributed by atoms with Gasteiger partial charge in [-0.05, 0) is 38.3 Å². The number of nitrogens with zero attached hydrogens (tertiary/aromatic N) is 2.